The summed E-state index contributed by atoms with van der Waals surface area (Å²) in [5.41, 5.74) is 2.18. The van der Waals surface area contributed by atoms with Gasteiger partial charge >= 0.3 is 0 Å². The molecule has 1 aliphatic heterocycles. The van der Waals surface area contributed by atoms with E-state index in [1.807, 2.05) is 79.4 Å². The van der Waals surface area contributed by atoms with Crippen molar-refractivity contribution in [1.82, 2.24) is 9.21 Å². The quantitative estimate of drug-likeness (QED) is 0.308. The molecule has 1 aromatic heterocycles. The van der Waals surface area contributed by atoms with Gasteiger partial charge in [0.05, 0.1) is 17.5 Å². The summed E-state index contributed by atoms with van der Waals surface area (Å²) in [5, 5.41) is 3.60. The van der Waals surface area contributed by atoms with Crippen molar-refractivity contribution in [2.75, 3.05) is 13.1 Å². The van der Waals surface area contributed by atoms with E-state index in [9.17, 15) is 13.2 Å². The standard InChI is InChI=1S/C29H30N2O3S2/c1-3-21(2)31(36(33,34)27-15-9-13-22-10-7-8-14-24(22)27)20-28(32)30-18-16-26-25(17-19-35-26)29(30)23-11-5-4-6-12-23/h4-15,17,19,21,29H,3,16,18,20H2,1-2H3/t21-,29-/m0/s1. The van der Waals surface area contributed by atoms with Gasteiger partial charge in [-0.15, -0.1) is 11.3 Å². The lowest BCUT2D eigenvalue weighted by molar-refractivity contribution is -0.133. The van der Waals surface area contributed by atoms with Gasteiger partial charge in [0.2, 0.25) is 15.9 Å². The largest absolute Gasteiger partial charge is 0.330 e. The Labute approximate surface area is 217 Å². The van der Waals surface area contributed by atoms with Crippen LogP contribution in [0.3, 0.4) is 0 Å². The van der Waals surface area contributed by atoms with Crippen LogP contribution in [0.2, 0.25) is 0 Å². The first kappa shape index (κ1) is 24.7. The predicted molar refractivity (Wildman–Crippen MR) is 146 cm³/mol. The fourth-order valence-corrected chi connectivity index (χ4v) is 7.81. The Kier molecular flexibility index (Phi) is 6.97. The van der Waals surface area contributed by atoms with E-state index in [1.54, 1.807) is 23.5 Å². The van der Waals surface area contributed by atoms with Crippen LogP contribution < -0.4 is 0 Å². The number of sulfonamides is 1. The molecule has 36 heavy (non-hydrogen) atoms. The van der Waals surface area contributed by atoms with Gasteiger partial charge in [0, 0.05) is 22.8 Å². The summed E-state index contributed by atoms with van der Waals surface area (Å²) in [5.74, 6) is -0.176. The molecule has 0 saturated heterocycles. The van der Waals surface area contributed by atoms with Crippen LogP contribution in [-0.4, -0.2) is 42.7 Å². The van der Waals surface area contributed by atoms with Gasteiger partial charge in [0.15, 0.2) is 0 Å². The van der Waals surface area contributed by atoms with Crippen LogP contribution in [0.1, 0.15) is 42.3 Å². The van der Waals surface area contributed by atoms with Crippen LogP contribution in [-0.2, 0) is 21.2 Å². The van der Waals surface area contributed by atoms with Gasteiger partial charge < -0.3 is 4.90 Å². The zero-order chi connectivity index (χ0) is 25.3. The Morgan fingerprint density at radius 2 is 1.75 bits per heavy atom. The molecule has 5 rings (SSSR count). The third-order valence-electron chi connectivity index (χ3n) is 7.11. The topological polar surface area (TPSA) is 57.7 Å². The molecule has 0 spiro atoms. The zero-order valence-electron chi connectivity index (χ0n) is 20.5. The van der Waals surface area contributed by atoms with Crippen LogP contribution in [0.5, 0.6) is 0 Å². The summed E-state index contributed by atoms with van der Waals surface area (Å²) in [6.07, 6.45) is 1.38. The van der Waals surface area contributed by atoms with Crippen molar-refractivity contribution in [3.05, 3.63) is 100 Å². The Balaban J connectivity index is 1.52. The number of nitrogens with zero attached hydrogens (tertiary/aromatic N) is 2. The highest BCUT2D eigenvalue weighted by Gasteiger charge is 2.37. The molecule has 186 valence electrons. The van der Waals surface area contributed by atoms with Gasteiger partial charge in [0.25, 0.3) is 0 Å². The molecule has 2 heterocycles. The number of hydrogen-bond donors (Lipinski definition) is 0. The average molecular weight is 519 g/mol. The zero-order valence-corrected chi connectivity index (χ0v) is 22.1. The van der Waals surface area contributed by atoms with E-state index in [0.29, 0.717) is 18.4 Å². The maximum Gasteiger partial charge on any atom is 0.244 e. The molecule has 0 radical (unpaired) electrons. The highest BCUT2D eigenvalue weighted by Crippen LogP contribution is 2.38. The minimum absolute atomic E-state index is 0.176. The van der Waals surface area contributed by atoms with Crippen molar-refractivity contribution in [3.63, 3.8) is 0 Å². The van der Waals surface area contributed by atoms with Crippen LogP contribution in [0.4, 0.5) is 0 Å². The Morgan fingerprint density at radius 3 is 2.53 bits per heavy atom. The number of thiophene rings is 1. The highest BCUT2D eigenvalue weighted by atomic mass is 32.2. The number of rotatable bonds is 7. The van der Waals surface area contributed by atoms with E-state index < -0.39 is 10.0 Å². The summed E-state index contributed by atoms with van der Waals surface area (Å²) in [7, 11) is -3.92. The number of hydrogen-bond acceptors (Lipinski definition) is 4. The number of fused-ring (bicyclic) bond motifs is 2. The molecule has 1 aliphatic rings. The lowest BCUT2D eigenvalue weighted by Gasteiger charge is -2.38. The molecular formula is C29H30N2O3S2. The molecule has 0 fully saturated rings. The normalized spacial score (nSPS) is 16.8. The Hall–Kier alpha value is -3.00. The molecule has 0 aliphatic carbocycles. The molecule has 0 bridgehead atoms. The second kappa shape index (κ2) is 10.2. The minimum atomic E-state index is -3.92. The first-order valence-corrected chi connectivity index (χ1v) is 14.6. The van der Waals surface area contributed by atoms with E-state index in [1.165, 1.54) is 9.18 Å². The van der Waals surface area contributed by atoms with Crippen LogP contribution in [0.15, 0.2) is 89.1 Å². The summed E-state index contributed by atoms with van der Waals surface area (Å²) >= 11 is 1.72. The molecule has 0 unspecified atom stereocenters. The molecule has 0 N–H and O–H groups in total. The average Bonchev–Trinajstić information content (AvgIpc) is 3.39. The monoisotopic (exact) mass is 518 g/mol. The second-order valence-corrected chi connectivity index (χ2v) is 12.1. The van der Waals surface area contributed by atoms with Crippen molar-refractivity contribution in [3.8, 4) is 0 Å². The van der Waals surface area contributed by atoms with Crippen LogP contribution in [0, 0.1) is 0 Å². The van der Waals surface area contributed by atoms with E-state index in [0.717, 1.165) is 22.9 Å². The fourth-order valence-electron chi connectivity index (χ4n) is 5.03. The van der Waals surface area contributed by atoms with E-state index >= 15 is 0 Å². The van der Waals surface area contributed by atoms with Gasteiger partial charge in [-0.1, -0.05) is 73.7 Å². The number of benzene rings is 3. The summed E-state index contributed by atoms with van der Waals surface area (Å²) < 4.78 is 29.5. The molecule has 4 aromatic rings. The van der Waals surface area contributed by atoms with Gasteiger partial charge in [-0.25, -0.2) is 8.42 Å². The van der Waals surface area contributed by atoms with Gasteiger partial charge in [-0.3, -0.25) is 4.79 Å². The maximum atomic E-state index is 14.0. The van der Waals surface area contributed by atoms with Crippen molar-refractivity contribution in [2.45, 2.75) is 43.7 Å². The smallest absolute Gasteiger partial charge is 0.244 e. The number of carbonyl (C=O) groups is 1. The van der Waals surface area contributed by atoms with E-state index in [2.05, 4.69) is 11.4 Å². The highest BCUT2D eigenvalue weighted by molar-refractivity contribution is 7.89. The van der Waals surface area contributed by atoms with Crippen molar-refractivity contribution < 1.29 is 13.2 Å². The molecular weight excluding hydrogens is 488 g/mol. The molecule has 1 amide bonds. The first-order valence-electron chi connectivity index (χ1n) is 12.3. The lowest BCUT2D eigenvalue weighted by Crippen LogP contribution is -2.49. The van der Waals surface area contributed by atoms with Gasteiger partial charge in [0.1, 0.15) is 0 Å². The summed E-state index contributed by atoms with van der Waals surface area (Å²) in [6, 6.07) is 24.3. The molecule has 3 aromatic carbocycles. The SMILES string of the molecule is CC[C@H](C)N(CC(=O)N1CCc2sccc2[C@@H]1c1ccccc1)S(=O)(=O)c1cccc2ccccc12. The van der Waals surface area contributed by atoms with Crippen molar-refractivity contribution in [1.29, 1.82) is 0 Å². The number of carbonyl (C=O) groups excluding carboxylic acids is 1. The van der Waals surface area contributed by atoms with Gasteiger partial charge in [-0.2, -0.15) is 4.31 Å². The second-order valence-electron chi connectivity index (χ2n) is 9.23. The molecule has 7 heteroatoms. The first-order chi connectivity index (χ1) is 17.4. The number of amides is 1. The summed E-state index contributed by atoms with van der Waals surface area (Å²) in [6.45, 7) is 4.20. The Morgan fingerprint density at radius 1 is 1.03 bits per heavy atom. The maximum absolute atomic E-state index is 14.0. The third-order valence-corrected chi connectivity index (χ3v) is 10.1. The minimum Gasteiger partial charge on any atom is -0.330 e. The van der Waals surface area contributed by atoms with E-state index in [-0.39, 0.29) is 29.4 Å². The third kappa shape index (κ3) is 4.47. The van der Waals surface area contributed by atoms with Crippen molar-refractivity contribution >= 4 is 38.0 Å². The summed E-state index contributed by atoms with van der Waals surface area (Å²) in [4.78, 5) is 17.3. The van der Waals surface area contributed by atoms with E-state index in [4.69, 9.17) is 0 Å². The van der Waals surface area contributed by atoms with Crippen LogP contribution >= 0.6 is 11.3 Å². The Bertz CT molecular complexity index is 1480. The van der Waals surface area contributed by atoms with Crippen molar-refractivity contribution in [2.24, 2.45) is 0 Å². The molecule has 2 atom stereocenters. The van der Waals surface area contributed by atoms with Crippen LogP contribution in [0.25, 0.3) is 10.8 Å². The fraction of sp³-hybridized carbons (Fsp3) is 0.276. The molecule has 0 saturated carbocycles. The lowest BCUT2D eigenvalue weighted by atomic mass is 9.93. The van der Waals surface area contributed by atoms with Gasteiger partial charge in [-0.05, 0) is 53.8 Å². The molecule has 5 nitrogen and oxygen atoms in total. The predicted octanol–water partition coefficient (Wildman–Crippen LogP) is 5.86.